The molecule has 0 unspecified atom stereocenters. The molecule has 2 amide bonds. The molecule has 1 aromatic rings. The van der Waals surface area contributed by atoms with Crippen LogP contribution in [-0.4, -0.2) is 36.3 Å². The Bertz CT molecular complexity index is 533. The van der Waals surface area contributed by atoms with E-state index in [1.807, 2.05) is 12.1 Å². The van der Waals surface area contributed by atoms with Crippen molar-refractivity contribution in [2.24, 2.45) is 5.73 Å². The zero-order valence-corrected chi connectivity index (χ0v) is 13.4. The molecular weight excluding hydrogens is 278 g/mol. The summed E-state index contributed by atoms with van der Waals surface area (Å²) in [6.45, 7) is 0.506. The molecule has 0 atom stereocenters. The van der Waals surface area contributed by atoms with Gasteiger partial charge in [0.15, 0.2) is 0 Å². The van der Waals surface area contributed by atoms with Crippen LogP contribution in [-0.2, 0) is 11.3 Å². The highest BCUT2D eigenvalue weighted by atomic mass is 16.2. The second-order valence-electron chi connectivity index (χ2n) is 6.15. The summed E-state index contributed by atoms with van der Waals surface area (Å²) >= 11 is 0. The molecule has 22 heavy (non-hydrogen) atoms. The van der Waals surface area contributed by atoms with Crippen molar-refractivity contribution in [1.29, 1.82) is 0 Å². The molecule has 0 aliphatic heterocycles. The fourth-order valence-electron chi connectivity index (χ4n) is 3.03. The lowest BCUT2D eigenvalue weighted by Gasteiger charge is -2.35. The highest BCUT2D eigenvalue weighted by Crippen LogP contribution is 2.27. The zero-order chi connectivity index (χ0) is 16.2. The monoisotopic (exact) mass is 303 g/mol. The Morgan fingerprint density at radius 1 is 1.18 bits per heavy atom. The van der Waals surface area contributed by atoms with E-state index in [0.29, 0.717) is 12.1 Å². The number of likely N-dealkylation sites (N-methyl/N-ethyl adjacent to an activating group) is 1. The van der Waals surface area contributed by atoms with Gasteiger partial charge in [-0.3, -0.25) is 9.59 Å². The molecular formula is C17H25N3O2. The molecule has 1 saturated carbocycles. The van der Waals surface area contributed by atoms with Gasteiger partial charge in [-0.25, -0.2) is 0 Å². The van der Waals surface area contributed by atoms with E-state index in [1.54, 1.807) is 31.1 Å². The van der Waals surface area contributed by atoms with Crippen molar-refractivity contribution in [3.63, 3.8) is 0 Å². The van der Waals surface area contributed by atoms with E-state index < -0.39 is 5.54 Å². The van der Waals surface area contributed by atoms with Gasteiger partial charge in [0.2, 0.25) is 5.91 Å². The van der Waals surface area contributed by atoms with E-state index in [2.05, 4.69) is 5.32 Å². The van der Waals surface area contributed by atoms with E-state index in [4.69, 9.17) is 5.73 Å². The van der Waals surface area contributed by atoms with Gasteiger partial charge in [0.05, 0.1) is 5.54 Å². The van der Waals surface area contributed by atoms with Gasteiger partial charge >= 0.3 is 0 Å². The van der Waals surface area contributed by atoms with Gasteiger partial charge in [0, 0.05) is 26.2 Å². The Morgan fingerprint density at radius 3 is 2.32 bits per heavy atom. The largest absolute Gasteiger partial charge is 0.355 e. The van der Waals surface area contributed by atoms with Gasteiger partial charge in [-0.1, -0.05) is 31.4 Å². The molecule has 1 aliphatic carbocycles. The lowest BCUT2D eigenvalue weighted by molar-refractivity contribution is -0.137. The van der Waals surface area contributed by atoms with Crippen LogP contribution >= 0.6 is 0 Å². The zero-order valence-electron chi connectivity index (χ0n) is 13.4. The number of hydrogen-bond acceptors (Lipinski definition) is 3. The summed E-state index contributed by atoms with van der Waals surface area (Å²) in [6.07, 6.45) is 4.75. The van der Waals surface area contributed by atoms with Crippen molar-refractivity contribution in [3.8, 4) is 0 Å². The van der Waals surface area contributed by atoms with Crippen LogP contribution in [0.15, 0.2) is 24.3 Å². The first-order chi connectivity index (χ1) is 10.5. The van der Waals surface area contributed by atoms with Crippen molar-refractivity contribution < 1.29 is 9.59 Å². The van der Waals surface area contributed by atoms with Crippen LogP contribution in [0.2, 0.25) is 0 Å². The summed E-state index contributed by atoms with van der Waals surface area (Å²) < 4.78 is 0. The Kier molecular flexibility index (Phi) is 5.19. The minimum atomic E-state index is -0.699. The van der Waals surface area contributed by atoms with E-state index in [0.717, 1.165) is 37.7 Å². The molecule has 1 aliphatic rings. The topological polar surface area (TPSA) is 75.4 Å². The molecule has 5 nitrogen and oxygen atoms in total. The average molecular weight is 303 g/mol. The molecule has 0 bridgehead atoms. The van der Waals surface area contributed by atoms with E-state index >= 15 is 0 Å². The second kappa shape index (κ2) is 6.92. The van der Waals surface area contributed by atoms with Gasteiger partial charge in [-0.2, -0.15) is 0 Å². The predicted molar refractivity (Wildman–Crippen MR) is 86.3 cm³/mol. The summed E-state index contributed by atoms with van der Waals surface area (Å²) in [6, 6.07) is 7.29. The van der Waals surface area contributed by atoms with Crippen LogP contribution in [0.5, 0.6) is 0 Å². The van der Waals surface area contributed by atoms with Gasteiger partial charge < -0.3 is 16.0 Å². The number of rotatable bonds is 4. The summed E-state index contributed by atoms with van der Waals surface area (Å²) in [5, 5.41) is 2.59. The van der Waals surface area contributed by atoms with Crippen molar-refractivity contribution in [1.82, 2.24) is 10.2 Å². The van der Waals surface area contributed by atoms with Crippen LogP contribution in [0.3, 0.4) is 0 Å². The van der Waals surface area contributed by atoms with Crippen LogP contribution in [0.25, 0.3) is 0 Å². The quantitative estimate of drug-likeness (QED) is 0.888. The van der Waals surface area contributed by atoms with Crippen molar-refractivity contribution in [2.45, 2.75) is 44.2 Å². The minimum absolute atomic E-state index is 0.0163. The third-order valence-electron chi connectivity index (χ3n) is 4.38. The minimum Gasteiger partial charge on any atom is -0.355 e. The van der Waals surface area contributed by atoms with Gasteiger partial charge in [-0.05, 0) is 30.5 Å². The van der Waals surface area contributed by atoms with Crippen LogP contribution in [0.4, 0.5) is 0 Å². The van der Waals surface area contributed by atoms with E-state index in [9.17, 15) is 9.59 Å². The fraction of sp³-hybridized carbons (Fsp3) is 0.529. The highest BCUT2D eigenvalue weighted by molar-refractivity contribution is 5.94. The lowest BCUT2D eigenvalue weighted by Crippen LogP contribution is -2.55. The summed E-state index contributed by atoms with van der Waals surface area (Å²) in [5.74, 6) is -0.0957. The molecule has 0 heterocycles. The molecule has 3 N–H and O–H groups in total. The summed E-state index contributed by atoms with van der Waals surface area (Å²) in [7, 11) is 3.39. The maximum Gasteiger partial charge on any atom is 0.251 e. The Hall–Kier alpha value is -1.88. The van der Waals surface area contributed by atoms with Gasteiger partial charge in [0.25, 0.3) is 5.91 Å². The molecule has 2 rings (SSSR count). The predicted octanol–water partition coefficient (Wildman–Crippen LogP) is 1.67. The fourth-order valence-corrected chi connectivity index (χ4v) is 3.03. The molecule has 1 aromatic carbocycles. The first-order valence-corrected chi connectivity index (χ1v) is 7.82. The molecule has 0 spiro atoms. The Morgan fingerprint density at radius 2 is 1.77 bits per heavy atom. The number of nitrogens with one attached hydrogen (secondary N) is 1. The van der Waals surface area contributed by atoms with Crippen LogP contribution < -0.4 is 11.1 Å². The number of benzene rings is 1. The van der Waals surface area contributed by atoms with E-state index in [-0.39, 0.29) is 11.8 Å². The van der Waals surface area contributed by atoms with E-state index in [1.165, 1.54) is 0 Å². The molecule has 0 aromatic heterocycles. The average Bonchev–Trinajstić information content (AvgIpc) is 2.54. The number of hydrogen-bond donors (Lipinski definition) is 2. The maximum absolute atomic E-state index is 12.6. The molecule has 5 heteroatoms. The number of nitrogens with two attached hydrogens (primary N) is 1. The molecule has 0 radical (unpaired) electrons. The van der Waals surface area contributed by atoms with Crippen molar-refractivity contribution >= 4 is 11.8 Å². The number of carbonyl (C=O) groups excluding carboxylic acids is 2. The number of nitrogens with zero attached hydrogens (tertiary/aromatic N) is 1. The normalized spacial score (nSPS) is 16.9. The van der Waals surface area contributed by atoms with Gasteiger partial charge in [-0.15, -0.1) is 0 Å². The third kappa shape index (κ3) is 3.65. The van der Waals surface area contributed by atoms with Crippen LogP contribution in [0, 0.1) is 0 Å². The Balaban J connectivity index is 2.00. The van der Waals surface area contributed by atoms with Crippen LogP contribution in [0.1, 0.15) is 48.0 Å². The standard InChI is InChI=1S/C17H25N3O2/c1-19-15(21)14-8-6-13(7-9-14)12-20(2)16(22)17(18)10-4-3-5-11-17/h6-9H,3-5,10-12,18H2,1-2H3,(H,19,21). The first kappa shape index (κ1) is 16.5. The Labute approximate surface area is 131 Å². The number of amides is 2. The smallest absolute Gasteiger partial charge is 0.251 e. The molecule has 120 valence electrons. The highest BCUT2D eigenvalue weighted by Gasteiger charge is 2.37. The second-order valence-corrected chi connectivity index (χ2v) is 6.15. The van der Waals surface area contributed by atoms with Crippen molar-refractivity contribution in [2.75, 3.05) is 14.1 Å². The van der Waals surface area contributed by atoms with Crippen molar-refractivity contribution in [3.05, 3.63) is 35.4 Å². The maximum atomic E-state index is 12.6. The summed E-state index contributed by atoms with van der Waals surface area (Å²) in [5.41, 5.74) is 7.20. The number of carbonyl (C=O) groups is 2. The SMILES string of the molecule is CNC(=O)c1ccc(CN(C)C(=O)C2(N)CCCCC2)cc1. The third-order valence-corrected chi connectivity index (χ3v) is 4.38. The molecule has 0 saturated heterocycles. The first-order valence-electron chi connectivity index (χ1n) is 7.82. The van der Waals surface area contributed by atoms with Gasteiger partial charge in [0.1, 0.15) is 0 Å². The lowest BCUT2D eigenvalue weighted by atomic mass is 9.81. The molecule has 1 fully saturated rings. The summed E-state index contributed by atoms with van der Waals surface area (Å²) in [4.78, 5) is 25.8.